The summed E-state index contributed by atoms with van der Waals surface area (Å²) in [6.45, 7) is 0.241. The topological polar surface area (TPSA) is 102 Å². The van der Waals surface area contributed by atoms with Gasteiger partial charge in [-0.2, -0.15) is 0 Å². The molecule has 3 N–H and O–H groups in total. The van der Waals surface area contributed by atoms with Gasteiger partial charge in [-0.25, -0.2) is 13.6 Å². The van der Waals surface area contributed by atoms with Crippen LogP contribution >= 0.6 is 15.9 Å². The van der Waals surface area contributed by atoms with Crippen molar-refractivity contribution in [3.63, 3.8) is 0 Å². The van der Waals surface area contributed by atoms with E-state index in [0.29, 0.717) is 5.58 Å². The first-order chi connectivity index (χ1) is 11.3. The summed E-state index contributed by atoms with van der Waals surface area (Å²) in [4.78, 5) is 12.2. The minimum Gasteiger partial charge on any atom is -0.451 e. The molecule has 0 radical (unpaired) electrons. The SMILES string of the molecule is NS(=O)(=O)c1ccc(CNC(=O)c2cc3ccc(Br)cc3o2)cc1. The van der Waals surface area contributed by atoms with Gasteiger partial charge in [0.2, 0.25) is 10.0 Å². The third-order valence-electron chi connectivity index (χ3n) is 3.41. The highest BCUT2D eigenvalue weighted by atomic mass is 79.9. The maximum absolute atomic E-state index is 12.2. The lowest BCUT2D eigenvalue weighted by molar-refractivity contribution is 0.0925. The Hall–Kier alpha value is -2.16. The van der Waals surface area contributed by atoms with Crippen LogP contribution in [0, 0.1) is 0 Å². The number of sulfonamides is 1. The Morgan fingerprint density at radius 3 is 2.50 bits per heavy atom. The molecule has 0 fully saturated rings. The number of amides is 1. The number of carbonyl (C=O) groups is 1. The number of primary sulfonamides is 1. The van der Waals surface area contributed by atoms with Gasteiger partial charge in [-0.05, 0) is 42.0 Å². The van der Waals surface area contributed by atoms with Crippen molar-refractivity contribution in [3.05, 3.63) is 64.3 Å². The molecule has 3 rings (SSSR count). The summed E-state index contributed by atoms with van der Waals surface area (Å²) in [6, 6.07) is 13.2. The fourth-order valence-corrected chi connectivity index (χ4v) is 3.04. The lowest BCUT2D eigenvalue weighted by atomic mass is 10.2. The van der Waals surface area contributed by atoms with Gasteiger partial charge in [0.15, 0.2) is 5.76 Å². The van der Waals surface area contributed by atoms with Crippen LogP contribution in [0.3, 0.4) is 0 Å². The Kier molecular flexibility index (Phi) is 4.44. The zero-order valence-electron chi connectivity index (χ0n) is 12.3. The van der Waals surface area contributed by atoms with Crippen molar-refractivity contribution in [1.82, 2.24) is 5.32 Å². The van der Waals surface area contributed by atoms with Gasteiger partial charge in [0, 0.05) is 16.4 Å². The second kappa shape index (κ2) is 6.39. The van der Waals surface area contributed by atoms with Crippen molar-refractivity contribution in [2.75, 3.05) is 0 Å². The number of hydrogen-bond acceptors (Lipinski definition) is 4. The van der Waals surface area contributed by atoms with Crippen molar-refractivity contribution in [2.24, 2.45) is 5.14 Å². The fourth-order valence-electron chi connectivity index (χ4n) is 2.18. The first kappa shape index (κ1) is 16.7. The minimum absolute atomic E-state index is 0.0282. The van der Waals surface area contributed by atoms with Gasteiger partial charge in [0.25, 0.3) is 5.91 Å². The lowest BCUT2D eigenvalue weighted by Gasteiger charge is -2.04. The van der Waals surface area contributed by atoms with Gasteiger partial charge in [-0.15, -0.1) is 0 Å². The highest BCUT2D eigenvalue weighted by molar-refractivity contribution is 9.10. The second-order valence-corrected chi connectivity index (χ2v) is 7.64. The molecule has 24 heavy (non-hydrogen) atoms. The lowest BCUT2D eigenvalue weighted by Crippen LogP contribution is -2.22. The van der Waals surface area contributed by atoms with Gasteiger partial charge < -0.3 is 9.73 Å². The monoisotopic (exact) mass is 408 g/mol. The molecule has 1 aromatic heterocycles. The molecule has 2 aromatic carbocycles. The molecule has 1 amide bonds. The van der Waals surface area contributed by atoms with E-state index >= 15 is 0 Å². The van der Waals surface area contributed by atoms with Crippen LogP contribution in [0.25, 0.3) is 11.0 Å². The fraction of sp³-hybridized carbons (Fsp3) is 0.0625. The highest BCUT2D eigenvalue weighted by Gasteiger charge is 2.12. The summed E-state index contributed by atoms with van der Waals surface area (Å²) >= 11 is 3.35. The normalized spacial score (nSPS) is 11.6. The third kappa shape index (κ3) is 3.66. The first-order valence-electron chi connectivity index (χ1n) is 6.92. The van der Waals surface area contributed by atoms with Crippen molar-refractivity contribution in [2.45, 2.75) is 11.4 Å². The molecule has 6 nitrogen and oxygen atoms in total. The highest BCUT2D eigenvalue weighted by Crippen LogP contribution is 2.23. The summed E-state index contributed by atoms with van der Waals surface area (Å²) in [5.74, 6) is -0.137. The van der Waals surface area contributed by atoms with Crippen LogP contribution in [0.15, 0.2) is 62.3 Å². The number of rotatable bonds is 4. The molecule has 0 bridgehead atoms. The van der Waals surface area contributed by atoms with E-state index in [1.807, 2.05) is 12.1 Å². The summed E-state index contributed by atoms with van der Waals surface area (Å²) in [5.41, 5.74) is 1.36. The zero-order chi connectivity index (χ0) is 17.3. The number of nitrogens with one attached hydrogen (secondary N) is 1. The van der Waals surface area contributed by atoms with Crippen LogP contribution in [0.5, 0.6) is 0 Å². The Morgan fingerprint density at radius 2 is 1.83 bits per heavy atom. The molecule has 8 heteroatoms. The summed E-state index contributed by atoms with van der Waals surface area (Å²) in [5, 5.41) is 8.60. The second-order valence-electron chi connectivity index (χ2n) is 5.16. The molecule has 3 aromatic rings. The van der Waals surface area contributed by atoms with Crippen LogP contribution in [-0.2, 0) is 16.6 Å². The van der Waals surface area contributed by atoms with E-state index in [1.54, 1.807) is 24.3 Å². The predicted octanol–water partition coefficient (Wildman–Crippen LogP) is 2.77. The number of benzene rings is 2. The quantitative estimate of drug-likeness (QED) is 0.692. The Balaban J connectivity index is 1.70. The minimum atomic E-state index is -3.72. The van der Waals surface area contributed by atoms with E-state index in [0.717, 1.165) is 15.4 Å². The predicted molar refractivity (Wildman–Crippen MR) is 92.9 cm³/mol. The van der Waals surface area contributed by atoms with Gasteiger partial charge in [-0.1, -0.05) is 28.1 Å². The van der Waals surface area contributed by atoms with Gasteiger partial charge >= 0.3 is 0 Å². The van der Waals surface area contributed by atoms with Crippen molar-refractivity contribution in [1.29, 1.82) is 0 Å². The van der Waals surface area contributed by atoms with Crippen molar-refractivity contribution >= 4 is 42.8 Å². The van der Waals surface area contributed by atoms with E-state index < -0.39 is 10.0 Å². The molecule has 0 aliphatic heterocycles. The number of hydrogen-bond donors (Lipinski definition) is 2. The number of halogens is 1. The zero-order valence-corrected chi connectivity index (χ0v) is 14.7. The molecular formula is C16H13BrN2O4S. The summed E-state index contributed by atoms with van der Waals surface area (Å²) in [6.07, 6.45) is 0. The van der Waals surface area contributed by atoms with Gasteiger partial charge in [0.05, 0.1) is 4.90 Å². The molecule has 0 saturated carbocycles. The largest absolute Gasteiger partial charge is 0.451 e. The standard InChI is InChI=1S/C16H13BrN2O4S/c17-12-4-3-11-7-15(23-14(11)8-12)16(20)19-9-10-1-5-13(6-2-10)24(18,21)22/h1-8H,9H2,(H,19,20)(H2,18,21,22). The Bertz CT molecular complexity index is 1010. The average Bonchev–Trinajstić information content (AvgIpc) is 2.95. The van der Waals surface area contributed by atoms with Crippen LogP contribution < -0.4 is 10.5 Å². The van der Waals surface area contributed by atoms with Crippen LogP contribution in [-0.4, -0.2) is 14.3 Å². The van der Waals surface area contributed by atoms with Crippen LogP contribution in [0.1, 0.15) is 16.1 Å². The summed E-state index contributed by atoms with van der Waals surface area (Å²) < 4.78 is 28.8. The molecule has 0 unspecified atom stereocenters. The average molecular weight is 409 g/mol. The molecule has 0 saturated heterocycles. The number of carbonyl (C=O) groups excluding carboxylic acids is 1. The van der Waals surface area contributed by atoms with Crippen molar-refractivity contribution < 1.29 is 17.6 Å². The van der Waals surface area contributed by atoms with Crippen molar-refractivity contribution in [3.8, 4) is 0 Å². The smallest absolute Gasteiger partial charge is 0.287 e. The Labute approximate surface area is 146 Å². The van der Waals surface area contributed by atoms with Crippen LogP contribution in [0.2, 0.25) is 0 Å². The van der Waals surface area contributed by atoms with E-state index in [4.69, 9.17) is 9.56 Å². The Morgan fingerprint density at radius 1 is 1.12 bits per heavy atom. The number of nitrogens with two attached hydrogens (primary N) is 1. The number of furan rings is 1. The molecule has 124 valence electrons. The number of fused-ring (bicyclic) bond motifs is 1. The molecule has 0 atom stereocenters. The maximum atomic E-state index is 12.2. The molecular weight excluding hydrogens is 396 g/mol. The molecule has 1 heterocycles. The van der Waals surface area contributed by atoms with E-state index in [1.165, 1.54) is 12.1 Å². The van der Waals surface area contributed by atoms with E-state index in [-0.39, 0.29) is 23.1 Å². The third-order valence-corrected chi connectivity index (χ3v) is 4.83. The molecule has 0 aliphatic rings. The van der Waals surface area contributed by atoms with Gasteiger partial charge in [-0.3, -0.25) is 4.79 Å². The molecule has 0 aliphatic carbocycles. The van der Waals surface area contributed by atoms with Gasteiger partial charge in [0.1, 0.15) is 5.58 Å². The molecule has 0 spiro atoms. The van der Waals surface area contributed by atoms with E-state index in [9.17, 15) is 13.2 Å². The summed E-state index contributed by atoms with van der Waals surface area (Å²) in [7, 11) is -3.72. The van der Waals surface area contributed by atoms with Crippen LogP contribution in [0.4, 0.5) is 0 Å². The maximum Gasteiger partial charge on any atom is 0.287 e. The first-order valence-corrected chi connectivity index (χ1v) is 9.26. The van der Waals surface area contributed by atoms with E-state index in [2.05, 4.69) is 21.2 Å².